The second-order valence-electron chi connectivity index (χ2n) is 6.98. The van der Waals surface area contributed by atoms with Gasteiger partial charge in [-0.15, -0.1) is 11.3 Å². The molecule has 4 rings (SSSR count). The van der Waals surface area contributed by atoms with Crippen LogP contribution < -0.4 is 0 Å². The lowest BCUT2D eigenvalue weighted by molar-refractivity contribution is -0.156. The van der Waals surface area contributed by atoms with E-state index in [2.05, 4.69) is 9.68 Å². The molecule has 8 heteroatoms. The first-order valence-electron chi connectivity index (χ1n) is 8.22. The van der Waals surface area contributed by atoms with Crippen LogP contribution in [0.5, 0.6) is 0 Å². The van der Waals surface area contributed by atoms with E-state index in [4.69, 9.17) is 0 Å². The number of hydrogen-bond acceptors (Lipinski definition) is 4. The first-order chi connectivity index (χ1) is 11.8. The minimum Gasteiger partial charge on any atom is -0.351 e. The van der Waals surface area contributed by atoms with Crippen LogP contribution in [0.2, 0.25) is 0 Å². The molecule has 1 aliphatic carbocycles. The fourth-order valence-corrected chi connectivity index (χ4v) is 4.54. The minimum atomic E-state index is -4.57. The number of rotatable bonds is 2. The van der Waals surface area contributed by atoms with Crippen molar-refractivity contribution in [3.05, 3.63) is 28.3 Å². The van der Waals surface area contributed by atoms with Gasteiger partial charge < -0.3 is 9.42 Å². The molecule has 0 unspecified atom stereocenters. The average Bonchev–Trinajstić information content (AvgIpc) is 2.99. The molecule has 1 saturated heterocycles. The van der Waals surface area contributed by atoms with Crippen molar-refractivity contribution in [2.24, 2.45) is 5.41 Å². The highest BCUT2D eigenvalue weighted by Crippen LogP contribution is 2.52. The van der Waals surface area contributed by atoms with Gasteiger partial charge in [-0.1, -0.05) is 5.16 Å². The number of piperidine rings is 1. The normalized spacial score (nSPS) is 19.4. The molecule has 0 aromatic carbocycles. The summed E-state index contributed by atoms with van der Waals surface area (Å²) >= 11 is 1.17. The van der Waals surface area contributed by atoms with Crippen molar-refractivity contribution >= 4 is 17.2 Å². The maximum absolute atomic E-state index is 12.8. The zero-order valence-electron chi connectivity index (χ0n) is 13.7. The number of alkyl halides is 3. The van der Waals surface area contributed by atoms with E-state index in [1.807, 2.05) is 4.90 Å². The highest BCUT2D eigenvalue weighted by molar-refractivity contribution is 7.17. The van der Waals surface area contributed by atoms with Crippen LogP contribution in [0.1, 0.15) is 46.7 Å². The highest BCUT2D eigenvalue weighted by Gasteiger charge is 2.46. The molecular weight excluding hydrogens is 353 g/mol. The van der Waals surface area contributed by atoms with Gasteiger partial charge in [0, 0.05) is 18.7 Å². The Morgan fingerprint density at radius 3 is 2.72 bits per heavy atom. The van der Waals surface area contributed by atoms with Crippen LogP contribution in [0.25, 0.3) is 10.6 Å². The molecule has 2 aliphatic rings. The van der Waals surface area contributed by atoms with Gasteiger partial charge in [0.2, 0.25) is 5.76 Å². The SMILES string of the molecule is Cc1c(-c2ccc(C(=O)N3CCCC4(CC4)C3)s2)noc1C(F)(F)F. The number of carbonyl (C=O) groups is 1. The number of thiophene rings is 1. The van der Waals surface area contributed by atoms with Gasteiger partial charge in [0.25, 0.3) is 5.91 Å². The largest absolute Gasteiger partial charge is 0.452 e. The van der Waals surface area contributed by atoms with Crippen molar-refractivity contribution in [1.82, 2.24) is 10.1 Å². The summed E-state index contributed by atoms with van der Waals surface area (Å²) in [7, 11) is 0. The number of nitrogens with zero attached hydrogens (tertiary/aromatic N) is 2. The second kappa shape index (κ2) is 5.59. The average molecular weight is 370 g/mol. The number of carbonyl (C=O) groups excluding carboxylic acids is 1. The lowest BCUT2D eigenvalue weighted by Crippen LogP contribution is -2.40. The lowest BCUT2D eigenvalue weighted by Gasteiger charge is -2.32. The number of halogens is 3. The zero-order valence-corrected chi connectivity index (χ0v) is 14.5. The molecule has 0 N–H and O–H groups in total. The molecule has 3 heterocycles. The third-order valence-corrected chi connectivity index (χ3v) is 6.22. The molecule has 1 aliphatic heterocycles. The summed E-state index contributed by atoms with van der Waals surface area (Å²) in [6.07, 6.45) is -0.000589. The van der Waals surface area contributed by atoms with E-state index in [0.29, 0.717) is 15.2 Å². The van der Waals surface area contributed by atoms with Gasteiger partial charge in [0.15, 0.2) is 0 Å². The van der Waals surface area contributed by atoms with E-state index in [-0.39, 0.29) is 17.2 Å². The smallest absolute Gasteiger partial charge is 0.351 e. The van der Waals surface area contributed by atoms with E-state index in [9.17, 15) is 18.0 Å². The Morgan fingerprint density at radius 1 is 1.32 bits per heavy atom. The maximum atomic E-state index is 12.8. The van der Waals surface area contributed by atoms with Gasteiger partial charge in [-0.2, -0.15) is 13.2 Å². The molecule has 2 fully saturated rings. The zero-order chi connectivity index (χ0) is 17.8. The Hall–Kier alpha value is -1.83. The van der Waals surface area contributed by atoms with E-state index in [1.165, 1.54) is 37.5 Å². The Labute approximate surface area is 146 Å². The van der Waals surface area contributed by atoms with Crippen LogP contribution >= 0.6 is 11.3 Å². The van der Waals surface area contributed by atoms with Crippen molar-refractivity contribution in [2.75, 3.05) is 13.1 Å². The number of hydrogen-bond donors (Lipinski definition) is 0. The summed E-state index contributed by atoms with van der Waals surface area (Å²) in [5.41, 5.74) is 0.426. The van der Waals surface area contributed by atoms with Gasteiger partial charge in [-0.3, -0.25) is 4.79 Å². The molecular formula is C17H17F3N2O2S. The third kappa shape index (κ3) is 2.96. The molecule has 4 nitrogen and oxygen atoms in total. The van der Waals surface area contributed by atoms with Gasteiger partial charge in [-0.25, -0.2) is 0 Å². The monoisotopic (exact) mass is 370 g/mol. The van der Waals surface area contributed by atoms with Crippen LogP contribution in [0.3, 0.4) is 0 Å². The second-order valence-corrected chi connectivity index (χ2v) is 8.06. The van der Waals surface area contributed by atoms with Crippen molar-refractivity contribution in [1.29, 1.82) is 0 Å². The summed E-state index contributed by atoms with van der Waals surface area (Å²) in [5.74, 6) is -1.13. The van der Waals surface area contributed by atoms with Gasteiger partial charge in [0.1, 0.15) is 5.69 Å². The number of amides is 1. The molecule has 2 aromatic heterocycles. The predicted octanol–water partition coefficient (Wildman–Crippen LogP) is 4.75. The van der Waals surface area contributed by atoms with Crippen molar-refractivity contribution in [3.8, 4) is 10.6 Å². The quantitative estimate of drug-likeness (QED) is 0.767. The van der Waals surface area contributed by atoms with Crippen LogP contribution in [-0.4, -0.2) is 29.1 Å². The summed E-state index contributed by atoms with van der Waals surface area (Å²) in [6, 6.07) is 3.30. The molecule has 1 amide bonds. The fraction of sp³-hybridized carbons (Fsp3) is 0.529. The van der Waals surface area contributed by atoms with Crippen molar-refractivity contribution in [3.63, 3.8) is 0 Å². The highest BCUT2D eigenvalue weighted by atomic mass is 32.1. The molecule has 134 valence electrons. The van der Waals surface area contributed by atoms with Gasteiger partial charge >= 0.3 is 6.18 Å². The van der Waals surface area contributed by atoms with E-state index >= 15 is 0 Å². The Morgan fingerprint density at radius 2 is 2.08 bits per heavy atom. The first kappa shape index (κ1) is 16.6. The molecule has 2 aromatic rings. The van der Waals surface area contributed by atoms with Crippen molar-refractivity contribution in [2.45, 2.75) is 38.8 Å². The minimum absolute atomic E-state index is 0.0422. The lowest BCUT2D eigenvalue weighted by atomic mass is 9.95. The Balaban J connectivity index is 1.56. The van der Waals surface area contributed by atoms with E-state index in [1.54, 1.807) is 12.1 Å². The van der Waals surface area contributed by atoms with Crippen LogP contribution in [0.4, 0.5) is 13.2 Å². The standard InChI is InChI=1S/C17H17F3N2O2S/c1-10-13(21-24-14(10)17(18,19)20)11-3-4-12(25-11)15(23)22-8-2-5-16(9-22)6-7-16/h3-4H,2,5-9H2,1H3. The van der Waals surface area contributed by atoms with Crippen LogP contribution in [-0.2, 0) is 6.18 Å². The summed E-state index contributed by atoms with van der Waals surface area (Å²) < 4.78 is 43.0. The van der Waals surface area contributed by atoms with Gasteiger partial charge in [0.05, 0.1) is 9.75 Å². The fourth-order valence-electron chi connectivity index (χ4n) is 3.53. The molecule has 1 spiro atoms. The third-order valence-electron chi connectivity index (χ3n) is 5.14. The first-order valence-corrected chi connectivity index (χ1v) is 9.04. The number of likely N-dealkylation sites (tertiary alicyclic amines) is 1. The summed E-state index contributed by atoms with van der Waals surface area (Å²) in [5, 5.41) is 3.56. The maximum Gasteiger partial charge on any atom is 0.452 e. The molecule has 0 radical (unpaired) electrons. The van der Waals surface area contributed by atoms with Crippen LogP contribution in [0.15, 0.2) is 16.7 Å². The van der Waals surface area contributed by atoms with Crippen molar-refractivity contribution < 1.29 is 22.5 Å². The molecule has 0 atom stereocenters. The number of aromatic nitrogens is 1. The van der Waals surface area contributed by atoms with E-state index in [0.717, 1.165) is 19.5 Å². The van der Waals surface area contributed by atoms with Gasteiger partial charge in [-0.05, 0) is 50.2 Å². The summed E-state index contributed by atoms with van der Waals surface area (Å²) in [6.45, 7) is 2.87. The Kier molecular flexibility index (Phi) is 3.72. The molecule has 1 saturated carbocycles. The summed E-state index contributed by atoms with van der Waals surface area (Å²) in [4.78, 5) is 15.6. The Bertz CT molecular complexity index is 820. The molecule has 25 heavy (non-hydrogen) atoms. The predicted molar refractivity (Wildman–Crippen MR) is 86.4 cm³/mol. The molecule has 0 bridgehead atoms. The topological polar surface area (TPSA) is 46.3 Å². The van der Waals surface area contributed by atoms with E-state index < -0.39 is 11.9 Å². The van der Waals surface area contributed by atoms with Crippen LogP contribution in [0, 0.1) is 12.3 Å².